The Morgan fingerprint density at radius 2 is 2.12 bits per heavy atom. The van der Waals surface area contributed by atoms with Crippen LogP contribution in [0.3, 0.4) is 0 Å². The van der Waals surface area contributed by atoms with Gasteiger partial charge in [0.1, 0.15) is 0 Å². The molecule has 0 bridgehead atoms. The summed E-state index contributed by atoms with van der Waals surface area (Å²) in [6.07, 6.45) is 4.30. The third-order valence-electron chi connectivity index (χ3n) is 2.12. The van der Waals surface area contributed by atoms with E-state index in [1.807, 2.05) is 26.8 Å². The Morgan fingerprint density at radius 1 is 1.41 bits per heavy atom. The monoisotopic (exact) mass is 235 g/mol. The Labute approximate surface area is 103 Å². The Morgan fingerprint density at radius 3 is 2.71 bits per heavy atom. The van der Waals surface area contributed by atoms with Gasteiger partial charge in [-0.1, -0.05) is 6.92 Å². The van der Waals surface area contributed by atoms with E-state index in [4.69, 9.17) is 0 Å². The second-order valence-corrected chi connectivity index (χ2v) is 5.05. The molecule has 0 spiro atoms. The summed E-state index contributed by atoms with van der Waals surface area (Å²) in [6.45, 7) is 8.81. The van der Waals surface area contributed by atoms with E-state index in [1.54, 1.807) is 12.4 Å². The molecule has 0 saturated heterocycles. The first kappa shape index (κ1) is 13.5. The average molecular weight is 235 g/mol. The topological polar surface area (TPSA) is 54.0 Å². The molecule has 0 radical (unpaired) electrons. The summed E-state index contributed by atoms with van der Waals surface area (Å²) >= 11 is 0. The molecule has 0 aliphatic heterocycles. The van der Waals surface area contributed by atoms with E-state index < -0.39 is 0 Å². The summed E-state index contributed by atoms with van der Waals surface area (Å²) < 4.78 is 0. The number of nitrogens with zero attached hydrogens (tertiary/aromatic N) is 1. The number of nitrogens with one attached hydrogen (secondary N) is 2. The molecule has 0 aliphatic carbocycles. The van der Waals surface area contributed by atoms with Crippen LogP contribution >= 0.6 is 0 Å². The van der Waals surface area contributed by atoms with E-state index >= 15 is 0 Å². The molecule has 4 heteroatoms. The van der Waals surface area contributed by atoms with Crippen LogP contribution in [0.2, 0.25) is 0 Å². The van der Waals surface area contributed by atoms with E-state index in [0.29, 0.717) is 5.56 Å². The maximum Gasteiger partial charge on any atom is 0.255 e. The summed E-state index contributed by atoms with van der Waals surface area (Å²) in [5, 5.41) is 6.16. The number of aromatic nitrogens is 1. The highest BCUT2D eigenvalue weighted by atomic mass is 16.1. The number of carbonyl (C=O) groups excluding carboxylic acids is 1. The van der Waals surface area contributed by atoms with Crippen molar-refractivity contribution in [3.63, 3.8) is 0 Å². The Hall–Kier alpha value is -1.58. The number of pyridine rings is 1. The van der Waals surface area contributed by atoms with Gasteiger partial charge in [-0.05, 0) is 33.3 Å². The number of hydrogen-bond acceptors (Lipinski definition) is 3. The molecule has 0 saturated carbocycles. The Kier molecular flexibility index (Phi) is 4.49. The lowest BCUT2D eigenvalue weighted by Crippen LogP contribution is -2.40. The molecule has 2 N–H and O–H groups in total. The first-order valence-electron chi connectivity index (χ1n) is 5.94. The third-order valence-corrected chi connectivity index (χ3v) is 2.12. The standard InChI is InChI=1S/C13H21N3O/c1-5-7-15-11-6-8-14-9-10(11)12(17)16-13(2,3)4/h6,8-9H,5,7H2,1-4H3,(H,14,15)(H,16,17). The second-order valence-electron chi connectivity index (χ2n) is 5.05. The van der Waals surface area contributed by atoms with Crippen molar-refractivity contribution in [1.29, 1.82) is 0 Å². The molecule has 17 heavy (non-hydrogen) atoms. The van der Waals surface area contributed by atoms with E-state index in [9.17, 15) is 4.79 Å². The molecule has 1 aromatic heterocycles. The minimum absolute atomic E-state index is 0.0933. The zero-order chi connectivity index (χ0) is 12.9. The highest BCUT2D eigenvalue weighted by Gasteiger charge is 2.17. The first-order chi connectivity index (χ1) is 7.94. The minimum atomic E-state index is -0.241. The van der Waals surface area contributed by atoms with E-state index in [0.717, 1.165) is 18.7 Å². The molecular formula is C13H21N3O. The summed E-state index contributed by atoms with van der Waals surface area (Å²) in [7, 11) is 0. The summed E-state index contributed by atoms with van der Waals surface area (Å²) in [5.74, 6) is -0.0933. The summed E-state index contributed by atoms with van der Waals surface area (Å²) in [4.78, 5) is 16.1. The van der Waals surface area contributed by atoms with Crippen molar-refractivity contribution in [2.75, 3.05) is 11.9 Å². The number of hydrogen-bond donors (Lipinski definition) is 2. The van der Waals surface area contributed by atoms with Crippen molar-refractivity contribution >= 4 is 11.6 Å². The SMILES string of the molecule is CCCNc1ccncc1C(=O)NC(C)(C)C. The molecule has 1 heterocycles. The van der Waals surface area contributed by atoms with Crippen molar-refractivity contribution in [3.8, 4) is 0 Å². The van der Waals surface area contributed by atoms with Crippen LogP contribution in [0.5, 0.6) is 0 Å². The van der Waals surface area contributed by atoms with Crippen molar-refractivity contribution in [1.82, 2.24) is 10.3 Å². The molecule has 1 aromatic rings. The van der Waals surface area contributed by atoms with E-state index in [1.165, 1.54) is 0 Å². The smallest absolute Gasteiger partial charge is 0.255 e. The van der Waals surface area contributed by atoms with Crippen molar-refractivity contribution in [2.45, 2.75) is 39.7 Å². The molecule has 94 valence electrons. The van der Waals surface area contributed by atoms with Crippen LogP contribution in [0.1, 0.15) is 44.5 Å². The zero-order valence-corrected chi connectivity index (χ0v) is 11.0. The van der Waals surface area contributed by atoms with Gasteiger partial charge in [0.05, 0.1) is 11.3 Å². The maximum absolute atomic E-state index is 12.1. The molecule has 4 nitrogen and oxygen atoms in total. The van der Waals surface area contributed by atoms with Gasteiger partial charge < -0.3 is 10.6 Å². The van der Waals surface area contributed by atoms with Crippen LogP contribution < -0.4 is 10.6 Å². The predicted octanol–water partition coefficient (Wildman–Crippen LogP) is 2.43. The molecule has 0 atom stereocenters. The fourth-order valence-electron chi connectivity index (χ4n) is 1.40. The summed E-state index contributed by atoms with van der Waals surface area (Å²) in [6, 6.07) is 1.83. The second kappa shape index (κ2) is 5.66. The van der Waals surface area contributed by atoms with Crippen LogP contribution in [0.25, 0.3) is 0 Å². The fraction of sp³-hybridized carbons (Fsp3) is 0.538. The molecule has 0 unspecified atom stereocenters. The average Bonchev–Trinajstić information content (AvgIpc) is 2.24. The molecule has 0 aromatic carbocycles. The largest absolute Gasteiger partial charge is 0.384 e. The lowest BCUT2D eigenvalue weighted by atomic mass is 10.1. The predicted molar refractivity (Wildman–Crippen MR) is 70.2 cm³/mol. The van der Waals surface area contributed by atoms with Gasteiger partial charge in [0.2, 0.25) is 0 Å². The maximum atomic E-state index is 12.1. The molecule has 1 amide bonds. The van der Waals surface area contributed by atoms with Crippen LogP contribution in [-0.2, 0) is 0 Å². The first-order valence-corrected chi connectivity index (χ1v) is 5.94. The molecular weight excluding hydrogens is 214 g/mol. The van der Waals surface area contributed by atoms with Gasteiger partial charge >= 0.3 is 0 Å². The van der Waals surface area contributed by atoms with Crippen LogP contribution in [0, 0.1) is 0 Å². The number of rotatable bonds is 4. The van der Waals surface area contributed by atoms with Gasteiger partial charge in [-0.25, -0.2) is 0 Å². The number of amides is 1. The fourth-order valence-corrected chi connectivity index (χ4v) is 1.40. The van der Waals surface area contributed by atoms with E-state index in [2.05, 4.69) is 22.5 Å². The minimum Gasteiger partial charge on any atom is -0.384 e. The lowest BCUT2D eigenvalue weighted by molar-refractivity contribution is 0.0920. The molecule has 1 rings (SSSR count). The number of carbonyl (C=O) groups is 1. The van der Waals surface area contributed by atoms with Crippen LogP contribution in [0.15, 0.2) is 18.5 Å². The number of anilines is 1. The van der Waals surface area contributed by atoms with Gasteiger partial charge in [0, 0.05) is 24.5 Å². The molecule has 0 fully saturated rings. The highest BCUT2D eigenvalue weighted by Crippen LogP contribution is 2.14. The van der Waals surface area contributed by atoms with Crippen molar-refractivity contribution in [3.05, 3.63) is 24.0 Å². The Bertz CT molecular complexity index is 382. The van der Waals surface area contributed by atoms with Gasteiger partial charge in [-0.3, -0.25) is 9.78 Å². The Balaban J connectivity index is 2.85. The normalized spacial score (nSPS) is 11.1. The zero-order valence-electron chi connectivity index (χ0n) is 11.0. The molecule has 0 aliphatic rings. The van der Waals surface area contributed by atoms with Crippen molar-refractivity contribution in [2.24, 2.45) is 0 Å². The van der Waals surface area contributed by atoms with E-state index in [-0.39, 0.29) is 11.4 Å². The van der Waals surface area contributed by atoms with Crippen LogP contribution in [-0.4, -0.2) is 23.0 Å². The van der Waals surface area contributed by atoms with Gasteiger partial charge in [0.25, 0.3) is 5.91 Å². The van der Waals surface area contributed by atoms with Gasteiger partial charge in [-0.2, -0.15) is 0 Å². The van der Waals surface area contributed by atoms with Crippen LogP contribution in [0.4, 0.5) is 5.69 Å². The lowest BCUT2D eigenvalue weighted by Gasteiger charge is -2.21. The van der Waals surface area contributed by atoms with Gasteiger partial charge in [0.15, 0.2) is 0 Å². The van der Waals surface area contributed by atoms with Crippen molar-refractivity contribution < 1.29 is 4.79 Å². The highest BCUT2D eigenvalue weighted by molar-refractivity contribution is 5.99. The summed E-state index contributed by atoms with van der Waals surface area (Å²) in [5.41, 5.74) is 1.19. The third kappa shape index (κ3) is 4.43. The quantitative estimate of drug-likeness (QED) is 0.842. The van der Waals surface area contributed by atoms with Gasteiger partial charge in [-0.15, -0.1) is 0 Å².